The lowest BCUT2D eigenvalue weighted by Gasteiger charge is -2.12. The zero-order chi connectivity index (χ0) is 25.4. The number of esters is 1. The predicted octanol–water partition coefficient (Wildman–Crippen LogP) is 5.77. The van der Waals surface area contributed by atoms with Crippen molar-refractivity contribution in [2.75, 3.05) is 13.7 Å². The molecule has 1 atom stereocenters. The Labute approximate surface area is 214 Å². The van der Waals surface area contributed by atoms with Gasteiger partial charge in [-0.05, 0) is 56.5 Å². The van der Waals surface area contributed by atoms with Crippen LogP contribution >= 0.6 is 11.3 Å². The fraction of sp³-hybridized carbons (Fsp3) is 0.286. The van der Waals surface area contributed by atoms with E-state index < -0.39 is 6.04 Å². The van der Waals surface area contributed by atoms with Gasteiger partial charge in [-0.25, -0.2) is 0 Å². The number of ether oxygens (including phenoxy) is 2. The molecule has 2 aromatic carbocycles. The fourth-order valence-electron chi connectivity index (χ4n) is 4.52. The maximum atomic E-state index is 12.3. The first-order valence-electron chi connectivity index (χ1n) is 11.9. The molecule has 0 unspecified atom stereocenters. The van der Waals surface area contributed by atoms with Crippen molar-refractivity contribution in [3.63, 3.8) is 0 Å². The largest absolute Gasteiger partial charge is 0.494 e. The molecule has 3 heterocycles. The zero-order valence-electron chi connectivity index (χ0n) is 21.0. The van der Waals surface area contributed by atoms with Crippen molar-refractivity contribution < 1.29 is 14.3 Å². The Morgan fingerprint density at radius 1 is 1.03 bits per heavy atom. The van der Waals surface area contributed by atoms with Crippen LogP contribution in [0.5, 0.6) is 5.75 Å². The Kier molecular flexibility index (Phi) is 6.45. The van der Waals surface area contributed by atoms with Crippen LogP contribution in [-0.4, -0.2) is 40.2 Å². The molecule has 36 heavy (non-hydrogen) atoms. The molecule has 2 aromatic heterocycles. The third-order valence-corrected chi connectivity index (χ3v) is 7.66. The van der Waals surface area contributed by atoms with Crippen molar-refractivity contribution in [2.24, 2.45) is 4.99 Å². The van der Waals surface area contributed by atoms with E-state index in [4.69, 9.17) is 14.5 Å². The van der Waals surface area contributed by atoms with Crippen LogP contribution in [0, 0.1) is 20.8 Å². The van der Waals surface area contributed by atoms with Gasteiger partial charge in [0.1, 0.15) is 22.6 Å². The summed E-state index contributed by atoms with van der Waals surface area (Å²) in [4.78, 5) is 18.6. The summed E-state index contributed by atoms with van der Waals surface area (Å²) in [6, 6.07) is 16.0. The Balaban J connectivity index is 1.63. The van der Waals surface area contributed by atoms with Gasteiger partial charge in [-0.2, -0.15) is 0 Å². The molecule has 0 saturated heterocycles. The molecule has 5 rings (SSSR count). The second-order valence-electron chi connectivity index (χ2n) is 8.72. The number of carbonyl (C=O) groups is 1. The SMILES string of the molecule is CCOc1cccc(-c2ccc(C3=N[C@@H](CC(=O)OC)c4nnc(C)n4-c4sc(C)c(C)c43)cc2)c1. The van der Waals surface area contributed by atoms with Gasteiger partial charge in [0.05, 0.1) is 25.8 Å². The van der Waals surface area contributed by atoms with E-state index in [1.807, 2.05) is 36.6 Å². The molecule has 4 aromatic rings. The van der Waals surface area contributed by atoms with E-state index in [1.54, 1.807) is 11.3 Å². The first kappa shape index (κ1) is 23.9. The standard InChI is InChI=1S/C28H28N4O3S/c1-6-35-22-9-7-8-21(14-22)19-10-12-20(13-11-19)26-25-16(2)17(3)36-28(25)32-18(4)30-31-27(32)23(29-26)15-24(33)34-5/h7-14,23H,6,15H2,1-5H3/t23-/m0/s1. The summed E-state index contributed by atoms with van der Waals surface area (Å²) in [5, 5.41) is 9.76. The lowest BCUT2D eigenvalue weighted by atomic mass is 9.97. The molecule has 0 N–H and O–H groups in total. The van der Waals surface area contributed by atoms with Crippen molar-refractivity contribution >= 4 is 23.0 Å². The predicted molar refractivity (Wildman–Crippen MR) is 142 cm³/mol. The highest BCUT2D eigenvalue weighted by Gasteiger charge is 2.32. The summed E-state index contributed by atoms with van der Waals surface area (Å²) in [5.41, 5.74) is 6.23. The number of hydrogen-bond donors (Lipinski definition) is 0. The average Bonchev–Trinajstić information content (AvgIpc) is 3.36. The Morgan fingerprint density at radius 2 is 1.78 bits per heavy atom. The van der Waals surface area contributed by atoms with Gasteiger partial charge in [-0.15, -0.1) is 21.5 Å². The van der Waals surface area contributed by atoms with Gasteiger partial charge in [0.25, 0.3) is 0 Å². The number of methoxy groups -OCH3 is 1. The van der Waals surface area contributed by atoms with Crippen LogP contribution < -0.4 is 4.74 Å². The molecule has 1 aliphatic rings. The maximum Gasteiger partial charge on any atom is 0.308 e. The van der Waals surface area contributed by atoms with Gasteiger partial charge in [0.2, 0.25) is 0 Å². The fourth-order valence-corrected chi connectivity index (χ4v) is 5.73. The number of nitrogens with zero attached hydrogens (tertiary/aromatic N) is 4. The minimum atomic E-state index is -0.504. The van der Waals surface area contributed by atoms with Gasteiger partial charge in [0, 0.05) is 16.0 Å². The van der Waals surface area contributed by atoms with E-state index in [-0.39, 0.29) is 12.4 Å². The van der Waals surface area contributed by atoms with Crippen molar-refractivity contribution in [1.29, 1.82) is 0 Å². The average molecular weight is 501 g/mol. The molecule has 1 aliphatic heterocycles. The Morgan fingerprint density at radius 3 is 2.50 bits per heavy atom. The van der Waals surface area contributed by atoms with E-state index in [2.05, 4.69) is 54.4 Å². The molecule has 8 heteroatoms. The van der Waals surface area contributed by atoms with Crippen molar-refractivity contribution in [3.8, 4) is 21.9 Å². The molecular formula is C28H28N4O3S. The molecular weight excluding hydrogens is 472 g/mol. The first-order chi connectivity index (χ1) is 17.4. The van der Waals surface area contributed by atoms with Crippen LogP contribution in [0.3, 0.4) is 0 Å². The van der Waals surface area contributed by atoms with Crippen molar-refractivity contribution in [1.82, 2.24) is 14.8 Å². The van der Waals surface area contributed by atoms with Crippen LogP contribution in [0.4, 0.5) is 0 Å². The number of rotatable bonds is 6. The molecule has 0 fully saturated rings. The minimum absolute atomic E-state index is 0.0907. The van der Waals surface area contributed by atoms with Gasteiger partial charge in [-0.1, -0.05) is 36.4 Å². The number of carbonyl (C=O) groups excluding carboxylic acids is 1. The summed E-state index contributed by atoms with van der Waals surface area (Å²) in [6.45, 7) is 8.77. The topological polar surface area (TPSA) is 78.6 Å². The number of thiophene rings is 1. The summed E-state index contributed by atoms with van der Waals surface area (Å²) >= 11 is 1.69. The van der Waals surface area contributed by atoms with Crippen molar-refractivity contribution in [3.05, 3.63) is 81.7 Å². The van der Waals surface area contributed by atoms with Gasteiger partial charge < -0.3 is 9.47 Å². The minimum Gasteiger partial charge on any atom is -0.494 e. The maximum absolute atomic E-state index is 12.3. The van der Waals surface area contributed by atoms with Crippen molar-refractivity contribution in [2.45, 2.75) is 40.2 Å². The second kappa shape index (κ2) is 9.70. The number of aromatic nitrogens is 3. The highest BCUT2D eigenvalue weighted by atomic mass is 32.1. The zero-order valence-corrected chi connectivity index (χ0v) is 21.8. The molecule has 0 saturated carbocycles. The molecule has 0 bridgehead atoms. The molecule has 7 nitrogen and oxygen atoms in total. The third kappa shape index (κ3) is 4.22. The number of aliphatic imine (C=N–C) groups is 1. The van der Waals surface area contributed by atoms with Crippen LogP contribution in [0.2, 0.25) is 0 Å². The van der Waals surface area contributed by atoms with Crippen LogP contribution in [0.1, 0.15) is 52.6 Å². The Bertz CT molecular complexity index is 1470. The second-order valence-corrected chi connectivity index (χ2v) is 9.92. The third-order valence-electron chi connectivity index (χ3n) is 6.46. The van der Waals surface area contributed by atoms with Gasteiger partial charge in [-0.3, -0.25) is 14.4 Å². The monoisotopic (exact) mass is 500 g/mol. The number of aryl methyl sites for hydroxylation is 2. The highest BCUT2D eigenvalue weighted by Crippen LogP contribution is 2.39. The first-order valence-corrected chi connectivity index (χ1v) is 12.7. The lowest BCUT2D eigenvalue weighted by Crippen LogP contribution is -2.12. The van der Waals surface area contributed by atoms with E-state index in [0.717, 1.165) is 44.5 Å². The summed E-state index contributed by atoms with van der Waals surface area (Å²) in [7, 11) is 1.39. The van der Waals surface area contributed by atoms with Crippen LogP contribution in [0.15, 0.2) is 53.5 Å². The molecule has 0 spiro atoms. The van der Waals surface area contributed by atoms with Gasteiger partial charge in [0.15, 0.2) is 5.82 Å². The lowest BCUT2D eigenvalue weighted by molar-refractivity contribution is -0.141. The van der Waals surface area contributed by atoms with E-state index in [1.165, 1.54) is 17.6 Å². The Hall–Kier alpha value is -3.78. The summed E-state index contributed by atoms with van der Waals surface area (Å²) in [5.74, 6) is 1.94. The molecule has 0 radical (unpaired) electrons. The van der Waals surface area contributed by atoms with E-state index in [0.29, 0.717) is 12.4 Å². The number of fused-ring (bicyclic) bond motifs is 3. The van der Waals surface area contributed by atoms with Crippen LogP contribution in [0.25, 0.3) is 16.1 Å². The number of benzene rings is 2. The van der Waals surface area contributed by atoms with E-state index >= 15 is 0 Å². The highest BCUT2D eigenvalue weighted by molar-refractivity contribution is 7.15. The van der Waals surface area contributed by atoms with Crippen LogP contribution in [-0.2, 0) is 9.53 Å². The normalized spacial score (nSPS) is 14.5. The molecule has 0 amide bonds. The summed E-state index contributed by atoms with van der Waals surface area (Å²) in [6.07, 6.45) is 0.0907. The van der Waals surface area contributed by atoms with Gasteiger partial charge >= 0.3 is 5.97 Å². The smallest absolute Gasteiger partial charge is 0.308 e. The quantitative estimate of drug-likeness (QED) is 0.314. The van der Waals surface area contributed by atoms with E-state index in [9.17, 15) is 4.79 Å². The number of hydrogen-bond acceptors (Lipinski definition) is 7. The summed E-state index contributed by atoms with van der Waals surface area (Å²) < 4.78 is 12.7. The molecule has 0 aliphatic carbocycles. The molecule has 184 valence electrons.